The molecule has 7 nitrogen and oxygen atoms in total. The van der Waals surface area contributed by atoms with Gasteiger partial charge in [-0.3, -0.25) is 4.79 Å². The average molecular weight is 293 g/mol. The van der Waals surface area contributed by atoms with Gasteiger partial charge in [-0.1, -0.05) is 13.8 Å². The van der Waals surface area contributed by atoms with E-state index in [-0.39, 0.29) is 5.91 Å². The second-order valence-corrected chi connectivity index (χ2v) is 5.61. The van der Waals surface area contributed by atoms with E-state index in [0.29, 0.717) is 36.7 Å². The summed E-state index contributed by atoms with van der Waals surface area (Å²) in [6.45, 7) is 6.22. The summed E-state index contributed by atoms with van der Waals surface area (Å²) in [5, 5.41) is 2.83. The number of amides is 1. The molecule has 1 saturated heterocycles. The first-order valence-corrected chi connectivity index (χ1v) is 7.39. The summed E-state index contributed by atoms with van der Waals surface area (Å²) >= 11 is 0. The number of nitrogens with one attached hydrogen (secondary N) is 1. The molecule has 0 spiro atoms. The lowest BCUT2D eigenvalue weighted by Crippen LogP contribution is -2.27. The molecular formula is C14H23N5O2. The molecule has 0 aromatic carbocycles. The molecule has 0 radical (unpaired) electrons. The third kappa shape index (κ3) is 4.54. The fourth-order valence-corrected chi connectivity index (χ4v) is 2.24. The predicted molar refractivity (Wildman–Crippen MR) is 79.1 cm³/mol. The van der Waals surface area contributed by atoms with Crippen molar-refractivity contribution < 1.29 is 9.53 Å². The highest BCUT2D eigenvalue weighted by molar-refractivity contribution is 5.75. The molecule has 0 atom stereocenters. The van der Waals surface area contributed by atoms with Crippen LogP contribution in [0.5, 0.6) is 6.01 Å². The van der Waals surface area contributed by atoms with E-state index in [2.05, 4.69) is 25.2 Å². The van der Waals surface area contributed by atoms with Crippen molar-refractivity contribution in [2.24, 2.45) is 5.92 Å². The van der Waals surface area contributed by atoms with Crippen molar-refractivity contribution in [2.45, 2.75) is 39.7 Å². The van der Waals surface area contributed by atoms with E-state index in [0.717, 1.165) is 25.9 Å². The quantitative estimate of drug-likeness (QED) is 0.847. The Labute approximate surface area is 125 Å². The van der Waals surface area contributed by atoms with Gasteiger partial charge in [0.15, 0.2) is 5.82 Å². The summed E-state index contributed by atoms with van der Waals surface area (Å²) in [5.74, 6) is 1.50. The third-order valence-electron chi connectivity index (χ3n) is 3.26. The molecule has 1 aromatic heterocycles. The molecule has 1 aliphatic rings. The van der Waals surface area contributed by atoms with Gasteiger partial charge in [-0.15, -0.1) is 0 Å². The monoisotopic (exact) mass is 293 g/mol. The van der Waals surface area contributed by atoms with Crippen LogP contribution in [-0.2, 0) is 11.3 Å². The minimum atomic E-state index is 0.00658. The largest absolute Gasteiger partial charge is 0.467 e. The molecule has 1 aromatic rings. The Kier molecular flexibility index (Phi) is 5.30. The Balaban J connectivity index is 2.04. The SMILES string of the molecule is COc1nc(CNC(=O)CC(C)C)nc(N2CCCC2)n1. The van der Waals surface area contributed by atoms with Gasteiger partial charge in [-0.05, 0) is 18.8 Å². The number of rotatable bonds is 6. The van der Waals surface area contributed by atoms with E-state index in [9.17, 15) is 4.79 Å². The van der Waals surface area contributed by atoms with Gasteiger partial charge >= 0.3 is 6.01 Å². The maximum absolute atomic E-state index is 11.7. The van der Waals surface area contributed by atoms with Crippen molar-refractivity contribution in [1.82, 2.24) is 20.3 Å². The molecule has 1 N–H and O–H groups in total. The zero-order chi connectivity index (χ0) is 15.2. The molecule has 0 bridgehead atoms. The van der Waals surface area contributed by atoms with Gasteiger partial charge in [-0.25, -0.2) is 0 Å². The maximum atomic E-state index is 11.7. The first-order chi connectivity index (χ1) is 10.1. The van der Waals surface area contributed by atoms with Crippen molar-refractivity contribution in [1.29, 1.82) is 0 Å². The normalized spacial score (nSPS) is 14.6. The molecule has 116 valence electrons. The molecule has 1 aliphatic heterocycles. The van der Waals surface area contributed by atoms with E-state index in [1.807, 2.05) is 13.8 Å². The van der Waals surface area contributed by atoms with Crippen LogP contribution in [0.1, 0.15) is 38.9 Å². The van der Waals surface area contributed by atoms with Gasteiger partial charge in [0.05, 0.1) is 13.7 Å². The topological polar surface area (TPSA) is 80.2 Å². The van der Waals surface area contributed by atoms with Crippen LogP contribution in [0.4, 0.5) is 5.95 Å². The Morgan fingerprint density at radius 2 is 2.00 bits per heavy atom. The summed E-state index contributed by atoms with van der Waals surface area (Å²) in [5.41, 5.74) is 0. The van der Waals surface area contributed by atoms with Crippen molar-refractivity contribution in [2.75, 3.05) is 25.1 Å². The molecular weight excluding hydrogens is 270 g/mol. The van der Waals surface area contributed by atoms with Crippen LogP contribution in [0, 0.1) is 5.92 Å². The molecule has 2 heterocycles. The number of nitrogens with zero attached hydrogens (tertiary/aromatic N) is 4. The highest BCUT2D eigenvalue weighted by Crippen LogP contribution is 2.17. The van der Waals surface area contributed by atoms with Crippen LogP contribution < -0.4 is 15.0 Å². The molecule has 0 unspecified atom stereocenters. The fourth-order valence-electron chi connectivity index (χ4n) is 2.24. The summed E-state index contributed by atoms with van der Waals surface area (Å²) in [6, 6.07) is 0.292. The zero-order valence-electron chi connectivity index (χ0n) is 12.9. The third-order valence-corrected chi connectivity index (χ3v) is 3.26. The van der Waals surface area contributed by atoms with Gasteiger partial charge in [0.1, 0.15) is 0 Å². The number of anilines is 1. The van der Waals surface area contributed by atoms with E-state index >= 15 is 0 Å². The summed E-state index contributed by atoms with van der Waals surface area (Å²) in [4.78, 5) is 26.7. The fraction of sp³-hybridized carbons (Fsp3) is 0.714. The molecule has 21 heavy (non-hydrogen) atoms. The molecule has 0 aliphatic carbocycles. The van der Waals surface area contributed by atoms with Gasteiger partial charge in [0.2, 0.25) is 11.9 Å². The number of aromatic nitrogens is 3. The van der Waals surface area contributed by atoms with Gasteiger partial charge in [0.25, 0.3) is 0 Å². The maximum Gasteiger partial charge on any atom is 0.321 e. The zero-order valence-corrected chi connectivity index (χ0v) is 12.9. The molecule has 2 rings (SSSR count). The highest BCUT2D eigenvalue weighted by atomic mass is 16.5. The van der Waals surface area contributed by atoms with E-state index in [1.54, 1.807) is 0 Å². The Hall–Kier alpha value is -1.92. The predicted octanol–water partition coefficient (Wildman–Crippen LogP) is 1.14. The van der Waals surface area contributed by atoms with Gasteiger partial charge in [-0.2, -0.15) is 15.0 Å². The standard InChI is InChI=1S/C14H23N5O2/c1-10(2)8-12(20)15-9-11-16-13(18-14(17-11)21-3)19-6-4-5-7-19/h10H,4-9H2,1-3H3,(H,15,20). The van der Waals surface area contributed by atoms with Crippen LogP contribution in [-0.4, -0.2) is 41.1 Å². The first kappa shape index (κ1) is 15.5. The van der Waals surface area contributed by atoms with E-state index in [1.165, 1.54) is 7.11 Å². The molecule has 7 heteroatoms. The minimum absolute atomic E-state index is 0.00658. The lowest BCUT2D eigenvalue weighted by molar-refractivity contribution is -0.122. The summed E-state index contributed by atoms with van der Waals surface area (Å²) < 4.78 is 5.12. The molecule has 1 fully saturated rings. The van der Waals surface area contributed by atoms with Crippen LogP contribution in [0.15, 0.2) is 0 Å². The summed E-state index contributed by atoms with van der Waals surface area (Å²) in [7, 11) is 1.53. The highest BCUT2D eigenvalue weighted by Gasteiger charge is 2.17. The first-order valence-electron chi connectivity index (χ1n) is 7.39. The van der Waals surface area contributed by atoms with Crippen molar-refractivity contribution in [3.05, 3.63) is 5.82 Å². The van der Waals surface area contributed by atoms with Gasteiger partial charge < -0.3 is 15.0 Å². The molecule has 1 amide bonds. The van der Waals surface area contributed by atoms with Crippen molar-refractivity contribution in [3.63, 3.8) is 0 Å². The lowest BCUT2D eigenvalue weighted by atomic mass is 10.1. The average Bonchev–Trinajstić information content (AvgIpc) is 2.98. The van der Waals surface area contributed by atoms with Crippen LogP contribution in [0.25, 0.3) is 0 Å². The second kappa shape index (κ2) is 7.19. The van der Waals surface area contributed by atoms with Crippen molar-refractivity contribution in [3.8, 4) is 6.01 Å². The summed E-state index contributed by atoms with van der Waals surface area (Å²) in [6.07, 6.45) is 2.80. The van der Waals surface area contributed by atoms with Crippen molar-refractivity contribution >= 4 is 11.9 Å². The van der Waals surface area contributed by atoms with Crippen LogP contribution in [0.3, 0.4) is 0 Å². The number of hydrogen-bond donors (Lipinski definition) is 1. The minimum Gasteiger partial charge on any atom is -0.467 e. The lowest BCUT2D eigenvalue weighted by Gasteiger charge is -2.16. The Morgan fingerprint density at radius 3 is 2.62 bits per heavy atom. The number of carbonyl (C=O) groups excluding carboxylic acids is 1. The number of carbonyl (C=O) groups is 1. The van der Waals surface area contributed by atoms with Crippen LogP contribution in [0.2, 0.25) is 0 Å². The number of ether oxygens (including phenoxy) is 1. The van der Waals surface area contributed by atoms with E-state index < -0.39 is 0 Å². The smallest absolute Gasteiger partial charge is 0.321 e. The Bertz CT molecular complexity index is 486. The van der Waals surface area contributed by atoms with Gasteiger partial charge in [0, 0.05) is 19.5 Å². The number of methoxy groups -OCH3 is 1. The molecule has 0 saturated carbocycles. The second-order valence-electron chi connectivity index (χ2n) is 5.61. The van der Waals surface area contributed by atoms with E-state index in [4.69, 9.17) is 4.74 Å². The number of hydrogen-bond acceptors (Lipinski definition) is 6. The van der Waals surface area contributed by atoms with Crippen LogP contribution >= 0.6 is 0 Å². The Morgan fingerprint density at radius 1 is 1.29 bits per heavy atom.